The van der Waals surface area contributed by atoms with Crippen molar-refractivity contribution in [3.05, 3.63) is 101 Å². The molecule has 9 nitrogen and oxygen atoms in total. The van der Waals surface area contributed by atoms with Crippen LogP contribution in [0.15, 0.2) is 83.7 Å². The van der Waals surface area contributed by atoms with Crippen molar-refractivity contribution in [3.8, 4) is 28.2 Å². The van der Waals surface area contributed by atoms with Gasteiger partial charge in [-0.25, -0.2) is 24.1 Å². The highest BCUT2D eigenvalue weighted by Crippen LogP contribution is 2.31. The summed E-state index contributed by atoms with van der Waals surface area (Å²) < 4.78 is 6.06. The fourth-order valence-electron chi connectivity index (χ4n) is 3.96. The summed E-state index contributed by atoms with van der Waals surface area (Å²) in [6.45, 7) is 0. The lowest BCUT2D eigenvalue weighted by Crippen LogP contribution is -2.16. The highest BCUT2D eigenvalue weighted by atomic mass is 16.5. The van der Waals surface area contributed by atoms with E-state index in [1.807, 2.05) is 54.6 Å². The first-order valence-corrected chi connectivity index (χ1v) is 10.6. The molecule has 0 fully saturated rings. The number of fused-ring (bicyclic) bond motifs is 1. The number of aromatic amines is 1. The van der Waals surface area contributed by atoms with Crippen LogP contribution in [0.3, 0.4) is 0 Å². The molecule has 9 heteroatoms. The number of ether oxygens (including phenoxy) is 1. The van der Waals surface area contributed by atoms with E-state index in [0.29, 0.717) is 11.3 Å². The Hall–Kier alpha value is -5.05. The van der Waals surface area contributed by atoms with Gasteiger partial charge in [0.25, 0.3) is 5.91 Å². The molecule has 0 saturated heterocycles. The van der Waals surface area contributed by atoms with Crippen molar-refractivity contribution in [1.82, 2.24) is 19.5 Å². The first-order chi connectivity index (χ1) is 17.0. The zero-order chi connectivity index (χ0) is 24.5. The van der Waals surface area contributed by atoms with Crippen LogP contribution in [-0.2, 0) is 4.74 Å². The van der Waals surface area contributed by atoms with E-state index in [1.54, 1.807) is 18.2 Å². The molecule has 3 aromatic carbocycles. The molecule has 0 atom stereocenters. The van der Waals surface area contributed by atoms with Crippen molar-refractivity contribution >= 4 is 23.0 Å². The number of primary amides is 1. The number of carbonyl (C=O) groups is 2. The number of hydrogen-bond donors (Lipinski definition) is 2. The molecule has 1 amide bonds. The van der Waals surface area contributed by atoms with Crippen LogP contribution < -0.4 is 11.4 Å². The second-order valence-corrected chi connectivity index (χ2v) is 7.68. The van der Waals surface area contributed by atoms with Gasteiger partial charge in [0.15, 0.2) is 17.2 Å². The third kappa shape index (κ3) is 3.84. The zero-order valence-corrected chi connectivity index (χ0v) is 18.6. The summed E-state index contributed by atoms with van der Waals surface area (Å²) in [6, 6.07) is 23.5. The van der Waals surface area contributed by atoms with E-state index in [0.717, 1.165) is 11.1 Å². The Labute approximate surface area is 198 Å². The first kappa shape index (κ1) is 21.8. The van der Waals surface area contributed by atoms with E-state index in [9.17, 15) is 14.4 Å². The largest absolute Gasteiger partial charge is 0.465 e. The predicted molar refractivity (Wildman–Crippen MR) is 130 cm³/mol. The van der Waals surface area contributed by atoms with Crippen LogP contribution in [0.1, 0.15) is 20.8 Å². The Morgan fingerprint density at radius 2 is 1.63 bits per heavy atom. The number of carbonyl (C=O) groups excluding carboxylic acids is 2. The lowest BCUT2D eigenvalue weighted by atomic mass is 9.99. The summed E-state index contributed by atoms with van der Waals surface area (Å²) in [5.41, 5.74) is 8.27. The minimum atomic E-state index is -0.812. The Kier molecular flexibility index (Phi) is 5.42. The van der Waals surface area contributed by atoms with Gasteiger partial charge in [0, 0.05) is 5.56 Å². The smallest absolute Gasteiger partial charge is 0.337 e. The van der Waals surface area contributed by atoms with Gasteiger partial charge in [0.2, 0.25) is 0 Å². The SMILES string of the molecule is COC(=O)c1cccc(-n2c(=O)[nH]c3c(C(N)=O)nc(-c4ccccc4-c4ccccc4)nc32)c1. The summed E-state index contributed by atoms with van der Waals surface area (Å²) in [5.74, 6) is -1.14. The summed E-state index contributed by atoms with van der Waals surface area (Å²) >= 11 is 0. The van der Waals surface area contributed by atoms with Gasteiger partial charge >= 0.3 is 11.7 Å². The maximum absolute atomic E-state index is 13.0. The van der Waals surface area contributed by atoms with E-state index in [2.05, 4.69) is 15.0 Å². The minimum Gasteiger partial charge on any atom is -0.465 e. The number of amides is 1. The minimum absolute atomic E-state index is 0.104. The van der Waals surface area contributed by atoms with Crippen LogP contribution >= 0.6 is 0 Å². The number of hydrogen-bond acceptors (Lipinski definition) is 6. The second-order valence-electron chi connectivity index (χ2n) is 7.68. The van der Waals surface area contributed by atoms with E-state index in [-0.39, 0.29) is 28.2 Å². The number of aromatic nitrogens is 4. The molecule has 0 saturated carbocycles. The van der Waals surface area contributed by atoms with Gasteiger partial charge in [-0.1, -0.05) is 60.7 Å². The molecule has 35 heavy (non-hydrogen) atoms. The molecule has 0 bridgehead atoms. The van der Waals surface area contributed by atoms with Crippen LogP contribution in [0, 0.1) is 0 Å². The lowest BCUT2D eigenvalue weighted by Gasteiger charge is -2.11. The molecule has 0 unspecified atom stereocenters. The maximum Gasteiger partial charge on any atom is 0.337 e. The third-order valence-corrected chi connectivity index (χ3v) is 5.55. The molecule has 0 spiro atoms. The molecule has 5 rings (SSSR count). The van der Waals surface area contributed by atoms with Crippen LogP contribution in [0.2, 0.25) is 0 Å². The summed E-state index contributed by atoms with van der Waals surface area (Å²) in [6.07, 6.45) is 0. The number of imidazole rings is 1. The van der Waals surface area contributed by atoms with Gasteiger partial charge < -0.3 is 15.5 Å². The molecule has 2 heterocycles. The van der Waals surface area contributed by atoms with Crippen LogP contribution in [-0.4, -0.2) is 38.5 Å². The zero-order valence-electron chi connectivity index (χ0n) is 18.6. The number of H-pyrrole nitrogens is 1. The standard InChI is InChI=1S/C26H19N5O4/c1-35-25(33)16-10-7-11-17(14-16)31-24-21(29-26(31)34)20(22(27)32)28-23(30-24)19-13-6-5-12-18(19)15-8-3-2-4-9-15/h2-14H,1H3,(H2,27,32)(H,29,34). The van der Waals surface area contributed by atoms with Crippen LogP contribution in [0.25, 0.3) is 39.4 Å². The Bertz CT molecular complexity index is 1650. The summed E-state index contributed by atoms with van der Waals surface area (Å²) in [7, 11) is 1.27. The number of rotatable bonds is 5. The predicted octanol–water partition coefficient (Wildman–Crippen LogP) is 3.33. The number of nitrogens with two attached hydrogens (primary N) is 1. The van der Waals surface area contributed by atoms with E-state index < -0.39 is 17.6 Å². The molecule has 2 aromatic heterocycles. The molecule has 5 aromatic rings. The Morgan fingerprint density at radius 1 is 0.914 bits per heavy atom. The first-order valence-electron chi connectivity index (χ1n) is 10.6. The van der Waals surface area contributed by atoms with Crippen LogP contribution in [0.5, 0.6) is 0 Å². The van der Waals surface area contributed by atoms with Gasteiger partial charge in [-0.15, -0.1) is 0 Å². The van der Waals surface area contributed by atoms with Crippen molar-refractivity contribution in [2.75, 3.05) is 7.11 Å². The highest BCUT2D eigenvalue weighted by Gasteiger charge is 2.22. The number of benzene rings is 3. The Balaban J connectivity index is 1.79. The third-order valence-electron chi connectivity index (χ3n) is 5.55. The van der Waals surface area contributed by atoms with Gasteiger partial charge in [-0.2, -0.15) is 0 Å². The maximum atomic E-state index is 13.0. The fraction of sp³-hybridized carbons (Fsp3) is 0.0385. The van der Waals surface area contributed by atoms with E-state index >= 15 is 0 Å². The highest BCUT2D eigenvalue weighted by molar-refractivity contribution is 6.02. The van der Waals surface area contributed by atoms with E-state index in [1.165, 1.54) is 17.7 Å². The van der Waals surface area contributed by atoms with Crippen molar-refractivity contribution in [2.24, 2.45) is 5.73 Å². The number of nitrogens with zero attached hydrogens (tertiary/aromatic N) is 3. The van der Waals surface area contributed by atoms with Crippen LogP contribution in [0.4, 0.5) is 0 Å². The fourth-order valence-corrected chi connectivity index (χ4v) is 3.96. The second kappa shape index (κ2) is 8.71. The van der Waals surface area contributed by atoms with Gasteiger partial charge in [0.05, 0.1) is 18.4 Å². The molecular weight excluding hydrogens is 446 g/mol. The topological polar surface area (TPSA) is 133 Å². The van der Waals surface area contributed by atoms with Crippen molar-refractivity contribution in [1.29, 1.82) is 0 Å². The lowest BCUT2D eigenvalue weighted by molar-refractivity contribution is 0.0600. The number of esters is 1. The molecule has 172 valence electrons. The molecule has 0 aliphatic heterocycles. The summed E-state index contributed by atoms with van der Waals surface area (Å²) in [5, 5.41) is 0. The number of methoxy groups -OCH3 is 1. The average molecular weight is 465 g/mol. The summed E-state index contributed by atoms with van der Waals surface area (Å²) in [4.78, 5) is 49.1. The normalized spacial score (nSPS) is 10.9. The van der Waals surface area contributed by atoms with Gasteiger partial charge in [-0.05, 0) is 29.3 Å². The molecule has 0 aliphatic rings. The monoisotopic (exact) mass is 465 g/mol. The quantitative estimate of drug-likeness (QED) is 0.383. The molecule has 0 aliphatic carbocycles. The number of nitrogens with one attached hydrogen (secondary N) is 1. The van der Waals surface area contributed by atoms with Crippen molar-refractivity contribution in [2.45, 2.75) is 0 Å². The average Bonchev–Trinajstić information content (AvgIpc) is 3.23. The van der Waals surface area contributed by atoms with E-state index in [4.69, 9.17) is 10.5 Å². The van der Waals surface area contributed by atoms with Crippen molar-refractivity contribution in [3.63, 3.8) is 0 Å². The van der Waals surface area contributed by atoms with Gasteiger partial charge in [0.1, 0.15) is 5.52 Å². The Morgan fingerprint density at radius 3 is 2.34 bits per heavy atom. The van der Waals surface area contributed by atoms with Gasteiger partial charge in [-0.3, -0.25) is 4.79 Å². The molecule has 3 N–H and O–H groups in total. The molecule has 0 radical (unpaired) electrons. The molecular formula is C26H19N5O4. The van der Waals surface area contributed by atoms with Crippen molar-refractivity contribution < 1.29 is 14.3 Å².